The van der Waals surface area contributed by atoms with Crippen molar-refractivity contribution < 1.29 is 0 Å². The monoisotopic (exact) mass is 247 g/mol. The van der Waals surface area contributed by atoms with E-state index in [0.29, 0.717) is 0 Å². The van der Waals surface area contributed by atoms with Crippen molar-refractivity contribution >= 4 is 0 Å². The van der Waals surface area contributed by atoms with Gasteiger partial charge in [0.05, 0.1) is 11.9 Å². The maximum atomic E-state index is 4.50. The lowest BCUT2D eigenvalue weighted by Crippen LogP contribution is -2.19. The van der Waals surface area contributed by atoms with Gasteiger partial charge in [-0.25, -0.2) is 0 Å². The van der Waals surface area contributed by atoms with Gasteiger partial charge in [0.15, 0.2) is 0 Å². The molecule has 0 aliphatic rings. The molecule has 0 aliphatic heterocycles. The first-order chi connectivity index (χ1) is 8.63. The molecule has 2 aromatic heterocycles. The number of rotatable bonds is 5. The Hall–Kier alpha value is -1.62. The van der Waals surface area contributed by atoms with E-state index in [0.717, 1.165) is 12.8 Å². The molecule has 0 saturated heterocycles. The molecule has 18 heavy (non-hydrogen) atoms. The Kier molecular flexibility index (Phi) is 3.81. The molecule has 0 aliphatic carbocycles. The largest absolute Gasteiger partial charge is 0.313 e. The summed E-state index contributed by atoms with van der Waals surface area (Å²) in [7, 11) is 5.91. The summed E-state index contributed by atoms with van der Waals surface area (Å²) in [6.45, 7) is 2.14. The Labute approximate surface area is 108 Å². The highest BCUT2D eigenvalue weighted by molar-refractivity contribution is 5.24. The average molecular weight is 247 g/mol. The predicted octanol–water partition coefficient (Wildman–Crippen LogP) is 1.22. The Balaban J connectivity index is 2.22. The third-order valence-electron chi connectivity index (χ3n) is 3.19. The van der Waals surface area contributed by atoms with E-state index in [1.54, 1.807) is 0 Å². The Morgan fingerprint density at radius 3 is 2.61 bits per heavy atom. The Morgan fingerprint density at radius 1 is 1.28 bits per heavy atom. The zero-order valence-corrected chi connectivity index (χ0v) is 11.5. The second-order valence-electron chi connectivity index (χ2n) is 4.63. The van der Waals surface area contributed by atoms with E-state index in [4.69, 9.17) is 0 Å². The summed E-state index contributed by atoms with van der Waals surface area (Å²) in [6, 6.07) is 0.290. The Bertz CT molecular complexity index is 511. The van der Waals surface area contributed by atoms with Gasteiger partial charge < -0.3 is 5.32 Å². The van der Waals surface area contributed by atoms with Gasteiger partial charge in [-0.2, -0.15) is 10.2 Å². The van der Waals surface area contributed by atoms with Crippen LogP contribution in [-0.4, -0.2) is 26.6 Å². The summed E-state index contributed by atoms with van der Waals surface area (Å²) in [5, 5.41) is 12.1. The minimum absolute atomic E-state index is 0.290. The van der Waals surface area contributed by atoms with E-state index in [1.807, 2.05) is 36.7 Å². The van der Waals surface area contributed by atoms with E-state index in [-0.39, 0.29) is 6.04 Å². The molecular weight excluding hydrogens is 226 g/mol. The number of nitrogens with zero attached hydrogens (tertiary/aromatic N) is 4. The van der Waals surface area contributed by atoms with Crippen molar-refractivity contribution in [1.82, 2.24) is 24.9 Å². The molecule has 0 fully saturated rings. The highest BCUT2D eigenvalue weighted by Crippen LogP contribution is 2.21. The van der Waals surface area contributed by atoms with E-state index < -0.39 is 0 Å². The van der Waals surface area contributed by atoms with Crippen LogP contribution >= 0.6 is 0 Å². The number of nitrogens with one attached hydrogen (secondary N) is 1. The van der Waals surface area contributed by atoms with Crippen LogP contribution in [-0.2, 0) is 26.9 Å². The predicted molar refractivity (Wildman–Crippen MR) is 71.3 cm³/mol. The van der Waals surface area contributed by atoms with Crippen LogP contribution in [0.1, 0.15) is 29.8 Å². The minimum Gasteiger partial charge on any atom is -0.313 e. The lowest BCUT2D eigenvalue weighted by Gasteiger charge is -2.15. The van der Waals surface area contributed by atoms with Crippen LogP contribution in [0.5, 0.6) is 0 Å². The van der Waals surface area contributed by atoms with Crippen LogP contribution in [0.4, 0.5) is 0 Å². The zero-order valence-electron chi connectivity index (χ0n) is 11.5. The molecule has 2 heterocycles. The fourth-order valence-electron chi connectivity index (χ4n) is 2.30. The molecular formula is C13H21N5. The third kappa shape index (κ3) is 2.61. The smallest absolute Gasteiger partial charge is 0.0669 e. The van der Waals surface area contributed by atoms with Gasteiger partial charge in [0.2, 0.25) is 0 Å². The molecule has 5 nitrogen and oxygen atoms in total. The minimum atomic E-state index is 0.290. The molecule has 0 amide bonds. The zero-order chi connectivity index (χ0) is 13.1. The van der Waals surface area contributed by atoms with Gasteiger partial charge in [-0.3, -0.25) is 9.36 Å². The van der Waals surface area contributed by atoms with Crippen molar-refractivity contribution in [1.29, 1.82) is 0 Å². The van der Waals surface area contributed by atoms with E-state index in [1.165, 1.54) is 16.8 Å². The summed E-state index contributed by atoms with van der Waals surface area (Å²) in [5.74, 6) is 0. The van der Waals surface area contributed by atoms with Crippen LogP contribution in [0, 0.1) is 0 Å². The van der Waals surface area contributed by atoms with Crippen LogP contribution in [0.15, 0.2) is 18.6 Å². The molecule has 2 rings (SSSR count). The quantitative estimate of drug-likeness (QED) is 0.864. The lowest BCUT2D eigenvalue weighted by atomic mass is 10.0. The fourth-order valence-corrected chi connectivity index (χ4v) is 2.30. The molecule has 0 bridgehead atoms. The topological polar surface area (TPSA) is 47.7 Å². The first-order valence-electron chi connectivity index (χ1n) is 6.31. The number of aromatic nitrogens is 4. The summed E-state index contributed by atoms with van der Waals surface area (Å²) in [4.78, 5) is 0. The van der Waals surface area contributed by atoms with E-state index in [2.05, 4.69) is 34.8 Å². The van der Waals surface area contributed by atoms with Gasteiger partial charge in [0, 0.05) is 38.1 Å². The van der Waals surface area contributed by atoms with Gasteiger partial charge in [0.1, 0.15) is 0 Å². The molecule has 98 valence electrons. The second-order valence-corrected chi connectivity index (χ2v) is 4.63. The number of hydrogen-bond acceptors (Lipinski definition) is 3. The third-order valence-corrected chi connectivity index (χ3v) is 3.19. The van der Waals surface area contributed by atoms with Gasteiger partial charge in [0.25, 0.3) is 0 Å². The Morgan fingerprint density at radius 2 is 2.06 bits per heavy atom. The van der Waals surface area contributed by atoms with E-state index in [9.17, 15) is 0 Å². The SMILES string of the molecule is CCc1nn(C)cc1C(Cc1cnn(C)c1)NC. The molecule has 0 saturated carbocycles. The maximum absolute atomic E-state index is 4.50. The molecule has 1 atom stereocenters. The van der Waals surface area contributed by atoms with Crippen molar-refractivity contribution in [3.05, 3.63) is 35.4 Å². The molecule has 0 spiro atoms. The highest BCUT2D eigenvalue weighted by atomic mass is 15.3. The van der Waals surface area contributed by atoms with Gasteiger partial charge in [-0.15, -0.1) is 0 Å². The van der Waals surface area contributed by atoms with Crippen LogP contribution in [0.2, 0.25) is 0 Å². The van der Waals surface area contributed by atoms with Crippen LogP contribution in [0.25, 0.3) is 0 Å². The lowest BCUT2D eigenvalue weighted by molar-refractivity contribution is 0.586. The van der Waals surface area contributed by atoms with Crippen molar-refractivity contribution in [3.8, 4) is 0 Å². The standard InChI is InChI=1S/C13H21N5/c1-5-12-11(9-18(4)16-12)13(14-2)6-10-7-15-17(3)8-10/h7-9,13-14H,5-6H2,1-4H3. The van der Waals surface area contributed by atoms with E-state index >= 15 is 0 Å². The first kappa shape index (κ1) is 12.8. The van der Waals surface area contributed by atoms with Crippen LogP contribution < -0.4 is 5.32 Å². The van der Waals surface area contributed by atoms with Crippen molar-refractivity contribution in [2.45, 2.75) is 25.8 Å². The summed E-state index contributed by atoms with van der Waals surface area (Å²) in [6.07, 6.45) is 7.99. The first-order valence-corrected chi connectivity index (χ1v) is 6.31. The summed E-state index contributed by atoms with van der Waals surface area (Å²) < 4.78 is 3.73. The molecule has 0 aromatic carbocycles. The number of hydrogen-bond donors (Lipinski definition) is 1. The summed E-state index contributed by atoms with van der Waals surface area (Å²) >= 11 is 0. The molecule has 0 radical (unpaired) electrons. The molecule has 2 aromatic rings. The second kappa shape index (κ2) is 5.35. The summed E-state index contributed by atoms with van der Waals surface area (Å²) in [5.41, 5.74) is 3.69. The molecule has 1 N–H and O–H groups in total. The number of likely N-dealkylation sites (N-methyl/N-ethyl adjacent to an activating group) is 1. The fraction of sp³-hybridized carbons (Fsp3) is 0.538. The number of aryl methyl sites for hydroxylation is 3. The molecule has 5 heteroatoms. The van der Waals surface area contributed by atoms with Gasteiger partial charge in [-0.05, 0) is 25.5 Å². The normalized spacial score (nSPS) is 12.9. The van der Waals surface area contributed by atoms with Crippen molar-refractivity contribution in [2.24, 2.45) is 14.1 Å². The van der Waals surface area contributed by atoms with Crippen molar-refractivity contribution in [3.63, 3.8) is 0 Å². The van der Waals surface area contributed by atoms with Crippen molar-refractivity contribution in [2.75, 3.05) is 7.05 Å². The highest BCUT2D eigenvalue weighted by Gasteiger charge is 2.17. The molecule has 1 unspecified atom stereocenters. The van der Waals surface area contributed by atoms with Crippen LogP contribution in [0.3, 0.4) is 0 Å². The van der Waals surface area contributed by atoms with Gasteiger partial charge in [-0.1, -0.05) is 6.92 Å². The maximum Gasteiger partial charge on any atom is 0.0669 e. The van der Waals surface area contributed by atoms with Gasteiger partial charge >= 0.3 is 0 Å². The average Bonchev–Trinajstić information content (AvgIpc) is 2.92.